The number of carbonyl (C=O) groups is 1. The number of benzene rings is 2. The summed E-state index contributed by atoms with van der Waals surface area (Å²) < 4.78 is 1.70. The number of nitrogens with zero attached hydrogens (tertiary/aromatic N) is 2. The molecule has 0 N–H and O–H groups in total. The highest BCUT2D eigenvalue weighted by atomic mass is 16.2. The van der Waals surface area contributed by atoms with E-state index in [2.05, 4.69) is 32.9 Å². The van der Waals surface area contributed by atoms with Crippen LogP contribution >= 0.6 is 0 Å². The molecule has 3 nitrogen and oxygen atoms in total. The van der Waals surface area contributed by atoms with Crippen LogP contribution in [-0.4, -0.2) is 15.7 Å². The second kappa shape index (κ2) is 7.15. The second-order valence-electron chi connectivity index (χ2n) is 7.93. The van der Waals surface area contributed by atoms with Crippen LogP contribution in [0, 0.1) is 5.92 Å². The maximum absolute atomic E-state index is 13.3. The highest BCUT2D eigenvalue weighted by Gasteiger charge is 2.36. The number of rotatable bonds is 3. The highest BCUT2D eigenvalue weighted by molar-refractivity contribution is 5.96. The lowest BCUT2D eigenvalue weighted by Gasteiger charge is -2.30. The predicted molar refractivity (Wildman–Crippen MR) is 109 cm³/mol. The van der Waals surface area contributed by atoms with Gasteiger partial charge in [-0.15, -0.1) is 0 Å². The Bertz CT molecular complexity index is 941. The monoisotopic (exact) mass is 358 g/mol. The molecule has 2 atom stereocenters. The minimum Gasteiger partial charge on any atom is -0.267 e. The molecule has 0 amide bonds. The van der Waals surface area contributed by atoms with Gasteiger partial charge in [0.25, 0.3) is 5.91 Å². The van der Waals surface area contributed by atoms with E-state index in [1.54, 1.807) is 4.68 Å². The third-order valence-electron chi connectivity index (χ3n) is 5.78. The van der Waals surface area contributed by atoms with Gasteiger partial charge >= 0.3 is 0 Å². The van der Waals surface area contributed by atoms with Crippen molar-refractivity contribution in [2.45, 2.75) is 45.4 Å². The van der Waals surface area contributed by atoms with Crippen molar-refractivity contribution < 1.29 is 4.79 Å². The van der Waals surface area contributed by atoms with Crippen LogP contribution in [0.3, 0.4) is 0 Å². The number of hydrogen-bond donors (Lipinski definition) is 0. The van der Waals surface area contributed by atoms with E-state index in [0.717, 1.165) is 29.8 Å². The van der Waals surface area contributed by atoms with Gasteiger partial charge in [0.2, 0.25) is 0 Å². The first-order valence-electron chi connectivity index (χ1n) is 9.86. The molecule has 1 aliphatic carbocycles. The summed E-state index contributed by atoms with van der Waals surface area (Å²) in [7, 11) is 0. The lowest BCUT2D eigenvalue weighted by atomic mass is 9.75. The molecule has 2 aromatic carbocycles. The largest absolute Gasteiger partial charge is 0.278 e. The van der Waals surface area contributed by atoms with Gasteiger partial charge in [-0.25, -0.2) is 0 Å². The average Bonchev–Trinajstić information content (AvgIpc) is 3.10. The summed E-state index contributed by atoms with van der Waals surface area (Å²) in [4.78, 5) is 13.3. The molecule has 0 bridgehead atoms. The van der Waals surface area contributed by atoms with Crippen molar-refractivity contribution in [3.8, 4) is 11.3 Å². The quantitative estimate of drug-likeness (QED) is 0.586. The van der Waals surface area contributed by atoms with Gasteiger partial charge in [-0.1, -0.05) is 69.3 Å². The lowest BCUT2D eigenvalue weighted by molar-refractivity contribution is 0.0937. The Morgan fingerprint density at radius 2 is 1.63 bits per heavy atom. The van der Waals surface area contributed by atoms with Gasteiger partial charge in [-0.3, -0.25) is 4.79 Å². The summed E-state index contributed by atoms with van der Waals surface area (Å²) >= 11 is 0. The normalized spacial score (nSPS) is 19.1. The van der Waals surface area contributed by atoms with Crippen LogP contribution in [0.25, 0.3) is 11.3 Å². The van der Waals surface area contributed by atoms with Crippen molar-refractivity contribution in [2.24, 2.45) is 5.92 Å². The average molecular weight is 358 g/mol. The lowest BCUT2D eigenvalue weighted by Crippen LogP contribution is -2.24. The van der Waals surface area contributed by atoms with Crippen molar-refractivity contribution in [2.75, 3.05) is 0 Å². The third kappa shape index (κ3) is 3.12. The maximum atomic E-state index is 13.3. The summed E-state index contributed by atoms with van der Waals surface area (Å²) in [5.74, 6) is 1.20. The molecular formula is C24H26N2O. The molecule has 0 aliphatic heterocycles. The first-order chi connectivity index (χ1) is 13.1. The molecule has 1 aromatic heterocycles. The van der Waals surface area contributed by atoms with Crippen LogP contribution in [0.15, 0.2) is 60.7 Å². The van der Waals surface area contributed by atoms with Gasteiger partial charge in [0.1, 0.15) is 0 Å². The topological polar surface area (TPSA) is 34.9 Å². The summed E-state index contributed by atoms with van der Waals surface area (Å²) in [5.41, 5.74) is 5.12. The molecule has 4 rings (SSSR count). The molecule has 0 saturated carbocycles. The molecule has 138 valence electrons. The van der Waals surface area contributed by atoms with E-state index in [9.17, 15) is 4.79 Å². The van der Waals surface area contributed by atoms with Crippen LogP contribution in [0.5, 0.6) is 0 Å². The first-order valence-corrected chi connectivity index (χ1v) is 9.86. The fraction of sp³-hybridized carbons (Fsp3) is 0.333. The highest BCUT2D eigenvalue weighted by Crippen LogP contribution is 2.46. The van der Waals surface area contributed by atoms with Gasteiger partial charge in [0.15, 0.2) is 0 Å². The number of fused-ring (bicyclic) bond motifs is 1. The third-order valence-corrected chi connectivity index (χ3v) is 5.78. The van der Waals surface area contributed by atoms with Crippen LogP contribution < -0.4 is 0 Å². The SMILES string of the molecule is CC(C)[C@@H]1CC[C@@H](C)c2c(-c3ccccc3)nn(C(=O)c3ccccc3)c21. The van der Waals surface area contributed by atoms with Gasteiger partial charge in [0, 0.05) is 22.6 Å². The molecular weight excluding hydrogens is 332 g/mol. The summed E-state index contributed by atoms with van der Waals surface area (Å²) in [5, 5.41) is 4.89. The molecule has 3 aromatic rings. The molecule has 3 heteroatoms. The Morgan fingerprint density at radius 3 is 2.26 bits per heavy atom. The predicted octanol–water partition coefficient (Wildman–Crippen LogP) is 5.88. The van der Waals surface area contributed by atoms with E-state index in [1.807, 2.05) is 48.5 Å². The van der Waals surface area contributed by atoms with Crippen LogP contribution in [0.2, 0.25) is 0 Å². The number of hydrogen-bond acceptors (Lipinski definition) is 2. The Labute approximate surface area is 161 Å². The molecule has 27 heavy (non-hydrogen) atoms. The van der Waals surface area contributed by atoms with E-state index in [-0.39, 0.29) is 5.91 Å². The summed E-state index contributed by atoms with van der Waals surface area (Å²) in [6, 6.07) is 19.8. The number of aromatic nitrogens is 2. The Kier molecular flexibility index (Phi) is 4.69. The van der Waals surface area contributed by atoms with Crippen LogP contribution in [-0.2, 0) is 0 Å². The Balaban J connectivity index is 1.95. The van der Waals surface area contributed by atoms with Gasteiger partial charge in [-0.2, -0.15) is 9.78 Å². The van der Waals surface area contributed by atoms with E-state index < -0.39 is 0 Å². The molecule has 1 aliphatic rings. The van der Waals surface area contributed by atoms with Gasteiger partial charge < -0.3 is 0 Å². The van der Waals surface area contributed by atoms with Gasteiger partial charge in [-0.05, 0) is 36.8 Å². The van der Waals surface area contributed by atoms with E-state index in [1.165, 1.54) is 5.56 Å². The standard InChI is InChI=1S/C24H26N2O/c1-16(2)20-15-14-17(3)21-22(18-10-6-4-7-11-18)25-26(23(20)21)24(27)19-12-8-5-9-13-19/h4-13,16-17,20H,14-15H2,1-3H3/t17-,20+/m1/s1. The summed E-state index contributed by atoms with van der Waals surface area (Å²) in [6.45, 7) is 6.76. The Hall–Kier alpha value is -2.68. The molecule has 1 heterocycles. The Morgan fingerprint density at radius 1 is 1.00 bits per heavy atom. The first kappa shape index (κ1) is 17.7. The van der Waals surface area contributed by atoms with Crippen LogP contribution in [0.4, 0.5) is 0 Å². The van der Waals surface area contributed by atoms with E-state index in [4.69, 9.17) is 5.10 Å². The molecule has 0 saturated heterocycles. The van der Waals surface area contributed by atoms with Crippen molar-refractivity contribution >= 4 is 5.91 Å². The smallest absolute Gasteiger partial charge is 0.267 e. The zero-order valence-corrected chi connectivity index (χ0v) is 16.2. The minimum absolute atomic E-state index is 0.0335. The van der Waals surface area contributed by atoms with Crippen molar-refractivity contribution in [3.63, 3.8) is 0 Å². The van der Waals surface area contributed by atoms with E-state index >= 15 is 0 Å². The molecule has 0 radical (unpaired) electrons. The fourth-order valence-electron chi connectivity index (χ4n) is 4.31. The molecule has 0 spiro atoms. The van der Waals surface area contributed by atoms with Crippen molar-refractivity contribution in [1.82, 2.24) is 9.78 Å². The molecule has 0 fully saturated rings. The maximum Gasteiger partial charge on any atom is 0.278 e. The second-order valence-corrected chi connectivity index (χ2v) is 7.93. The van der Waals surface area contributed by atoms with Crippen molar-refractivity contribution in [3.05, 3.63) is 77.5 Å². The zero-order valence-electron chi connectivity index (χ0n) is 16.2. The molecule has 0 unspecified atom stereocenters. The zero-order chi connectivity index (χ0) is 19.0. The summed E-state index contributed by atoms with van der Waals surface area (Å²) in [6.07, 6.45) is 2.24. The van der Waals surface area contributed by atoms with Crippen molar-refractivity contribution in [1.29, 1.82) is 0 Å². The fourth-order valence-corrected chi connectivity index (χ4v) is 4.31. The van der Waals surface area contributed by atoms with Crippen LogP contribution in [0.1, 0.15) is 67.1 Å². The van der Waals surface area contributed by atoms with Gasteiger partial charge in [0.05, 0.1) is 11.4 Å². The van der Waals surface area contributed by atoms with E-state index in [0.29, 0.717) is 23.3 Å². The number of carbonyl (C=O) groups excluding carboxylic acids is 1. The minimum atomic E-state index is -0.0335.